The first kappa shape index (κ1) is 14.3. The fourth-order valence-electron chi connectivity index (χ4n) is 1.10. The number of nitrogens with one attached hydrogen (secondary N) is 1. The summed E-state index contributed by atoms with van der Waals surface area (Å²) >= 11 is 2.74. The van der Waals surface area contributed by atoms with Gasteiger partial charge < -0.3 is 0 Å². The van der Waals surface area contributed by atoms with Gasteiger partial charge in [-0.15, -0.1) is 0 Å². The van der Waals surface area contributed by atoms with Crippen molar-refractivity contribution in [3.05, 3.63) is 29.3 Å². The monoisotopic (exact) mass is 331 g/mol. The second-order valence-electron chi connectivity index (χ2n) is 3.35. The smallest absolute Gasteiger partial charge is 0.283 e. The largest absolute Gasteiger partial charge is 0.416 e. The number of sulfonamides is 1. The van der Waals surface area contributed by atoms with E-state index in [1.165, 1.54) is 13.0 Å². The zero-order chi connectivity index (χ0) is 13.3. The van der Waals surface area contributed by atoms with E-state index in [-0.39, 0.29) is 10.3 Å². The number of alkyl halides is 4. The summed E-state index contributed by atoms with van der Waals surface area (Å²) in [6, 6.07) is 2.89. The van der Waals surface area contributed by atoms with Gasteiger partial charge in [-0.3, -0.25) is 4.72 Å². The van der Waals surface area contributed by atoms with Crippen molar-refractivity contribution in [2.45, 2.75) is 13.1 Å². The Balaban J connectivity index is 3.17. The summed E-state index contributed by atoms with van der Waals surface area (Å²) in [5, 5.41) is 0. The molecule has 1 aromatic rings. The molecule has 0 aliphatic heterocycles. The molecule has 0 fully saturated rings. The highest BCUT2D eigenvalue weighted by Crippen LogP contribution is 2.32. The van der Waals surface area contributed by atoms with Crippen LogP contribution in [0.2, 0.25) is 0 Å². The highest BCUT2D eigenvalue weighted by Gasteiger charge is 2.31. The third kappa shape index (κ3) is 3.88. The maximum Gasteiger partial charge on any atom is 0.416 e. The minimum atomic E-state index is -4.50. The predicted molar refractivity (Wildman–Crippen MR) is 62.5 cm³/mol. The van der Waals surface area contributed by atoms with E-state index in [0.29, 0.717) is 5.56 Å². The lowest BCUT2D eigenvalue weighted by Gasteiger charge is -2.12. The molecule has 3 nitrogen and oxygen atoms in total. The number of hydrogen-bond donors (Lipinski definition) is 1. The van der Waals surface area contributed by atoms with Crippen molar-refractivity contribution in [1.29, 1.82) is 0 Å². The van der Waals surface area contributed by atoms with Gasteiger partial charge in [-0.05, 0) is 24.6 Å². The average Bonchev–Trinajstić information content (AvgIpc) is 2.19. The molecular weight excluding hydrogens is 323 g/mol. The Morgan fingerprint density at radius 3 is 2.41 bits per heavy atom. The SMILES string of the molecule is Cc1ccc(C(F)(F)F)cc1NS(=O)(=O)CBr. The summed E-state index contributed by atoms with van der Waals surface area (Å²) < 4.78 is 61.5. The normalized spacial score (nSPS) is 12.5. The number of benzene rings is 1. The molecule has 1 rings (SSSR count). The molecule has 0 radical (unpaired) electrons. The summed E-state index contributed by atoms with van der Waals surface area (Å²) in [5.41, 5.74) is -0.544. The zero-order valence-corrected chi connectivity index (χ0v) is 11.1. The summed E-state index contributed by atoms with van der Waals surface area (Å²) in [7, 11) is -3.66. The molecule has 0 amide bonds. The molecule has 17 heavy (non-hydrogen) atoms. The Labute approximate surface area is 105 Å². The van der Waals surface area contributed by atoms with Crippen LogP contribution in [-0.4, -0.2) is 13.1 Å². The molecule has 0 saturated carbocycles. The van der Waals surface area contributed by atoms with E-state index in [1.807, 2.05) is 0 Å². The minimum absolute atomic E-state index is 0.0701. The van der Waals surface area contributed by atoms with E-state index >= 15 is 0 Å². The van der Waals surface area contributed by atoms with Crippen LogP contribution in [0.25, 0.3) is 0 Å². The number of halogens is 4. The van der Waals surface area contributed by atoms with E-state index in [4.69, 9.17) is 0 Å². The van der Waals surface area contributed by atoms with Crippen molar-refractivity contribution in [1.82, 2.24) is 0 Å². The first-order valence-corrected chi connectivity index (χ1v) is 7.17. The third-order valence-electron chi connectivity index (χ3n) is 1.97. The quantitative estimate of drug-likeness (QED) is 0.865. The van der Waals surface area contributed by atoms with E-state index in [2.05, 4.69) is 20.7 Å². The fourth-order valence-corrected chi connectivity index (χ4v) is 2.06. The molecule has 96 valence electrons. The maximum absolute atomic E-state index is 12.4. The molecule has 0 unspecified atom stereocenters. The van der Waals surface area contributed by atoms with Crippen molar-refractivity contribution in [2.75, 3.05) is 9.38 Å². The van der Waals surface area contributed by atoms with E-state index in [9.17, 15) is 21.6 Å². The zero-order valence-electron chi connectivity index (χ0n) is 8.68. The Bertz CT molecular complexity index is 513. The lowest BCUT2D eigenvalue weighted by atomic mass is 10.1. The van der Waals surface area contributed by atoms with Crippen LogP contribution >= 0.6 is 15.9 Å². The van der Waals surface area contributed by atoms with Crippen molar-refractivity contribution in [3.8, 4) is 0 Å². The summed E-state index contributed by atoms with van der Waals surface area (Å²) in [5.74, 6) is 0. The Morgan fingerprint density at radius 1 is 1.35 bits per heavy atom. The molecule has 0 aliphatic rings. The van der Waals surface area contributed by atoms with Crippen molar-refractivity contribution >= 4 is 31.6 Å². The molecule has 0 spiro atoms. The molecular formula is C9H9BrF3NO2S. The van der Waals surface area contributed by atoms with Gasteiger partial charge in [0.1, 0.15) is 4.66 Å². The fraction of sp³-hybridized carbons (Fsp3) is 0.333. The van der Waals surface area contributed by atoms with Crippen LogP contribution in [0.4, 0.5) is 18.9 Å². The van der Waals surface area contributed by atoms with Crippen molar-refractivity contribution in [3.63, 3.8) is 0 Å². The maximum atomic E-state index is 12.4. The highest BCUT2D eigenvalue weighted by molar-refractivity contribution is 9.10. The van der Waals surface area contributed by atoms with Crippen molar-refractivity contribution in [2.24, 2.45) is 0 Å². The number of aryl methyl sites for hydroxylation is 1. The first-order valence-electron chi connectivity index (χ1n) is 4.40. The molecule has 1 N–H and O–H groups in total. The summed E-state index contributed by atoms with van der Waals surface area (Å²) in [6.07, 6.45) is -4.50. The average molecular weight is 332 g/mol. The number of hydrogen-bond acceptors (Lipinski definition) is 2. The minimum Gasteiger partial charge on any atom is -0.283 e. The van der Waals surface area contributed by atoms with Gasteiger partial charge in [-0.2, -0.15) is 13.2 Å². The molecule has 1 aromatic carbocycles. The predicted octanol–water partition coefficient (Wildman–Crippen LogP) is 3.11. The van der Waals surface area contributed by atoms with Crippen LogP contribution in [0.5, 0.6) is 0 Å². The molecule has 0 heterocycles. The van der Waals surface area contributed by atoms with Crippen LogP contribution in [0, 0.1) is 6.92 Å². The molecule has 0 bridgehead atoms. The standard InChI is InChI=1S/C9H9BrF3NO2S/c1-6-2-3-7(9(11,12)13)4-8(6)14-17(15,16)5-10/h2-4,14H,5H2,1H3. The van der Waals surface area contributed by atoms with Gasteiger partial charge in [0.15, 0.2) is 0 Å². The molecule has 0 saturated heterocycles. The van der Waals surface area contributed by atoms with Gasteiger partial charge in [-0.25, -0.2) is 8.42 Å². The molecule has 0 aliphatic carbocycles. The molecule has 8 heteroatoms. The van der Waals surface area contributed by atoms with Gasteiger partial charge in [0.25, 0.3) is 0 Å². The van der Waals surface area contributed by atoms with Gasteiger partial charge >= 0.3 is 6.18 Å². The van der Waals surface area contributed by atoms with Crippen LogP contribution in [0.1, 0.15) is 11.1 Å². The lowest BCUT2D eigenvalue weighted by Crippen LogP contribution is -2.15. The first-order chi connectivity index (χ1) is 7.65. The van der Waals surface area contributed by atoms with Crippen LogP contribution < -0.4 is 4.72 Å². The van der Waals surface area contributed by atoms with E-state index in [0.717, 1.165) is 12.1 Å². The Kier molecular flexibility index (Phi) is 4.08. The van der Waals surface area contributed by atoms with Gasteiger partial charge in [-0.1, -0.05) is 22.0 Å². The summed E-state index contributed by atoms with van der Waals surface area (Å²) in [4.78, 5) is 0. The Morgan fingerprint density at radius 2 is 1.94 bits per heavy atom. The van der Waals surface area contributed by atoms with Crippen molar-refractivity contribution < 1.29 is 21.6 Å². The van der Waals surface area contributed by atoms with Gasteiger partial charge in [0.05, 0.1) is 11.3 Å². The van der Waals surface area contributed by atoms with E-state index in [1.54, 1.807) is 0 Å². The van der Waals surface area contributed by atoms with Crippen LogP contribution in [-0.2, 0) is 16.2 Å². The van der Waals surface area contributed by atoms with Crippen LogP contribution in [0.15, 0.2) is 18.2 Å². The second kappa shape index (κ2) is 4.85. The van der Waals surface area contributed by atoms with Crippen LogP contribution in [0.3, 0.4) is 0 Å². The van der Waals surface area contributed by atoms with Gasteiger partial charge in [0.2, 0.25) is 10.0 Å². The van der Waals surface area contributed by atoms with E-state index < -0.39 is 21.8 Å². The molecule has 0 atom stereocenters. The lowest BCUT2D eigenvalue weighted by molar-refractivity contribution is -0.137. The summed E-state index contributed by atoms with van der Waals surface area (Å²) in [6.45, 7) is 1.52. The van der Waals surface area contributed by atoms with Gasteiger partial charge in [0, 0.05) is 0 Å². The number of rotatable bonds is 3. The third-order valence-corrected chi connectivity index (χ3v) is 4.60. The highest BCUT2D eigenvalue weighted by atomic mass is 79.9. The topological polar surface area (TPSA) is 46.2 Å². The second-order valence-corrected chi connectivity index (χ2v) is 6.38. The molecule has 0 aromatic heterocycles. The number of anilines is 1. The Hall–Kier alpha value is -0.760.